The highest BCUT2D eigenvalue weighted by Gasteiger charge is 2.42. The van der Waals surface area contributed by atoms with Crippen LogP contribution >= 0.6 is 11.6 Å². The minimum Gasteiger partial charge on any atom is -0.485 e. The zero-order valence-corrected chi connectivity index (χ0v) is 15.8. The lowest BCUT2D eigenvalue weighted by Crippen LogP contribution is -2.52. The van der Waals surface area contributed by atoms with E-state index in [0.717, 1.165) is 35.7 Å². The van der Waals surface area contributed by atoms with Crippen LogP contribution in [0.15, 0.2) is 42.5 Å². The molecule has 2 aromatic carbocycles. The number of ether oxygens (including phenoxy) is 1. The summed E-state index contributed by atoms with van der Waals surface area (Å²) in [5.41, 5.74) is 2.89. The van der Waals surface area contributed by atoms with Crippen LogP contribution in [0.1, 0.15) is 43.5 Å². The van der Waals surface area contributed by atoms with Crippen molar-refractivity contribution in [3.63, 3.8) is 0 Å². The van der Waals surface area contributed by atoms with Crippen LogP contribution in [0, 0.1) is 0 Å². The number of halogens is 1. The van der Waals surface area contributed by atoms with E-state index in [1.807, 2.05) is 44.2 Å². The quantitative estimate of drug-likeness (QED) is 0.835. The Balaban J connectivity index is 1.77. The maximum Gasteiger partial charge on any atom is 0.131 e. The molecular weight excluding hydrogens is 334 g/mol. The van der Waals surface area contributed by atoms with Gasteiger partial charge in [0.2, 0.25) is 0 Å². The van der Waals surface area contributed by atoms with E-state index in [0.29, 0.717) is 0 Å². The Morgan fingerprint density at radius 3 is 2.48 bits per heavy atom. The van der Waals surface area contributed by atoms with E-state index in [-0.39, 0.29) is 6.04 Å². The van der Waals surface area contributed by atoms with E-state index < -0.39 is 11.7 Å². The van der Waals surface area contributed by atoms with Crippen LogP contribution in [0.5, 0.6) is 5.75 Å². The largest absolute Gasteiger partial charge is 0.485 e. The molecular formula is C21H26ClNO2. The van der Waals surface area contributed by atoms with E-state index in [1.165, 1.54) is 11.1 Å². The molecule has 2 N–H and O–H groups in total. The molecule has 0 fully saturated rings. The molecule has 0 saturated heterocycles. The monoisotopic (exact) mass is 359 g/mol. The first-order valence-corrected chi connectivity index (χ1v) is 9.26. The molecule has 0 spiro atoms. The van der Waals surface area contributed by atoms with Gasteiger partial charge in [-0.2, -0.15) is 0 Å². The van der Waals surface area contributed by atoms with Gasteiger partial charge < -0.3 is 15.2 Å². The molecule has 4 heteroatoms. The van der Waals surface area contributed by atoms with Gasteiger partial charge >= 0.3 is 0 Å². The number of aliphatic hydroxyl groups is 1. The van der Waals surface area contributed by atoms with Gasteiger partial charge in [0.15, 0.2) is 0 Å². The lowest BCUT2D eigenvalue weighted by atomic mass is 9.85. The second-order valence-electron chi connectivity index (χ2n) is 7.18. The lowest BCUT2D eigenvalue weighted by Gasteiger charge is -2.42. The van der Waals surface area contributed by atoms with Gasteiger partial charge in [0.1, 0.15) is 17.5 Å². The molecule has 0 saturated carbocycles. The van der Waals surface area contributed by atoms with Crippen LogP contribution in [0.4, 0.5) is 0 Å². The summed E-state index contributed by atoms with van der Waals surface area (Å²) in [5.74, 6) is 0.858. The first-order chi connectivity index (χ1) is 11.9. The highest BCUT2D eigenvalue weighted by molar-refractivity contribution is 6.30. The minimum absolute atomic E-state index is 0.141. The van der Waals surface area contributed by atoms with E-state index in [1.54, 1.807) is 0 Å². The summed E-state index contributed by atoms with van der Waals surface area (Å²) in [6.45, 7) is 6.77. The van der Waals surface area contributed by atoms with Crippen molar-refractivity contribution in [3.8, 4) is 5.75 Å². The SMILES string of the molecule is CCc1ccc2c(c1)[C@H](NCCc1ccc(Cl)cc1)[C@@H](O)C(C)(C)O2. The summed E-state index contributed by atoms with van der Waals surface area (Å²) in [6.07, 6.45) is 1.23. The summed E-state index contributed by atoms with van der Waals surface area (Å²) in [4.78, 5) is 0. The smallest absolute Gasteiger partial charge is 0.131 e. The Bertz CT molecular complexity index is 727. The van der Waals surface area contributed by atoms with Gasteiger partial charge in [-0.05, 0) is 62.6 Å². The van der Waals surface area contributed by atoms with E-state index in [9.17, 15) is 5.11 Å². The Labute approximate surface area is 155 Å². The number of fused-ring (bicyclic) bond motifs is 1. The Morgan fingerprint density at radius 2 is 1.80 bits per heavy atom. The number of nitrogens with one attached hydrogen (secondary N) is 1. The fourth-order valence-corrected chi connectivity index (χ4v) is 3.44. The van der Waals surface area contributed by atoms with Gasteiger partial charge in [-0.3, -0.25) is 0 Å². The van der Waals surface area contributed by atoms with Gasteiger partial charge in [-0.1, -0.05) is 42.8 Å². The van der Waals surface area contributed by atoms with Crippen molar-refractivity contribution in [2.75, 3.05) is 6.54 Å². The van der Waals surface area contributed by atoms with E-state index in [2.05, 4.69) is 24.4 Å². The van der Waals surface area contributed by atoms with Crippen molar-refractivity contribution < 1.29 is 9.84 Å². The average molecular weight is 360 g/mol. The molecule has 1 aliphatic heterocycles. The van der Waals surface area contributed by atoms with Crippen molar-refractivity contribution in [1.29, 1.82) is 0 Å². The van der Waals surface area contributed by atoms with Crippen LogP contribution in [0.25, 0.3) is 0 Å². The summed E-state index contributed by atoms with van der Waals surface area (Å²) in [7, 11) is 0. The first kappa shape index (κ1) is 18.2. The minimum atomic E-state index is -0.626. The zero-order valence-electron chi connectivity index (χ0n) is 15.1. The summed E-state index contributed by atoms with van der Waals surface area (Å²) >= 11 is 5.94. The van der Waals surface area contributed by atoms with Crippen LogP contribution in [-0.2, 0) is 12.8 Å². The second-order valence-corrected chi connectivity index (χ2v) is 7.62. The molecule has 0 radical (unpaired) electrons. The molecule has 134 valence electrons. The molecule has 0 aromatic heterocycles. The molecule has 25 heavy (non-hydrogen) atoms. The number of aliphatic hydroxyl groups excluding tert-OH is 1. The molecule has 0 unspecified atom stereocenters. The lowest BCUT2D eigenvalue weighted by molar-refractivity contribution is -0.0644. The molecule has 0 aliphatic carbocycles. The molecule has 2 aromatic rings. The zero-order chi connectivity index (χ0) is 18.0. The third kappa shape index (κ3) is 4.00. The Hall–Kier alpha value is -1.55. The molecule has 1 heterocycles. The van der Waals surface area contributed by atoms with Crippen molar-refractivity contribution in [1.82, 2.24) is 5.32 Å². The van der Waals surface area contributed by atoms with Gasteiger partial charge in [0.05, 0.1) is 6.04 Å². The van der Waals surface area contributed by atoms with Crippen molar-refractivity contribution in [3.05, 3.63) is 64.2 Å². The maximum absolute atomic E-state index is 10.8. The van der Waals surface area contributed by atoms with Gasteiger partial charge in [-0.25, -0.2) is 0 Å². The highest BCUT2D eigenvalue weighted by Crippen LogP contribution is 2.40. The van der Waals surface area contributed by atoms with Crippen LogP contribution < -0.4 is 10.1 Å². The molecule has 1 aliphatic rings. The molecule has 2 atom stereocenters. The molecule has 3 nitrogen and oxygen atoms in total. The normalized spacial score (nSPS) is 21.5. The number of benzene rings is 2. The standard InChI is InChI=1S/C21H26ClNO2/c1-4-14-7-10-18-17(13-14)19(20(24)21(2,3)25-18)23-12-11-15-5-8-16(22)9-6-15/h5-10,13,19-20,23-24H,4,11-12H2,1-3H3/t19-,20+/m0/s1. The Morgan fingerprint density at radius 1 is 1.12 bits per heavy atom. The predicted molar refractivity (Wildman–Crippen MR) is 102 cm³/mol. The number of rotatable bonds is 5. The van der Waals surface area contributed by atoms with Crippen molar-refractivity contribution >= 4 is 11.6 Å². The first-order valence-electron chi connectivity index (χ1n) is 8.88. The van der Waals surface area contributed by atoms with Gasteiger partial charge in [0.25, 0.3) is 0 Å². The summed E-state index contributed by atoms with van der Waals surface area (Å²) in [5, 5.41) is 15.1. The highest BCUT2D eigenvalue weighted by atomic mass is 35.5. The van der Waals surface area contributed by atoms with Crippen LogP contribution in [-0.4, -0.2) is 23.4 Å². The predicted octanol–water partition coefficient (Wildman–Crippen LogP) is 4.31. The maximum atomic E-state index is 10.8. The fraction of sp³-hybridized carbons (Fsp3) is 0.429. The van der Waals surface area contributed by atoms with Gasteiger partial charge in [0, 0.05) is 10.6 Å². The summed E-state index contributed by atoms with van der Waals surface area (Å²) < 4.78 is 6.03. The third-order valence-electron chi connectivity index (χ3n) is 4.91. The Kier molecular flexibility index (Phi) is 5.38. The number of hydrogen-bond donors (Lipinski definition) is 2. The molecule has 0 amide bonds. The van der Waals surface area contributed by atoms with Crippen molar-refractivity contribution in [2.24, 2.45) is 0 Å². The molecule has 3 rings (SSSR count). The van der Waals surface area contributed by atoms with E-state index in [4.69, 9.17) is 16.3 Å². The van der Waals surface area contributed by atoms with Crippen LogP contribution in [0.2, 0.25) is 5.02 Å². The summed E-state index contributed by atoms with van der Waals surface area (Å²) in [6, 6.07) is 14.0. The number of hydrogen-bond acceptors (Lipinski definition) is 3. The average Bonchev–Trinajstić information content (AvgIpc) is 2.59. The fourth-order valence-electron chi connectivity index (χ4n) is 3.31. The van der Waals surface area contributed by atoms with Crippen molar-refractivity contribution in [2.45, 2.75) is 51.4 Å². The number of aryl methyl sites for hydroxylation is 1. The van der Waals surface area contributed by atoms with E-state index >= 15 is 0 Å². The topological polar surface area (TPSA) is 41.5 Å². The van der Waals surface area contributed by atoms with Crippen LogP contribution in [0.3, 0.4) is 0 Å². The third-order valence-corrected chi connectivity index (χ3v) is 5.16. The molecule has 0 bridgehead atoms. The van der Waals surface area contributed by atoms with Gasteiger partial charge in [-0.15, -0.1) is 0 Å². The second kappa shape index (κ2) is 7.36.